The lowest BCUT2D eigenvalue weighted by atomic mass is 10.1. The van der Waals surface area contributed by atoms with Crippen LogP contribution in [-0.2, 0) is 4.79 Å². The summed E-state index contributed by atoms with van der Waals surface area (Å²) in [5, 5.41) is 11.1. The minimum atomic E-state index is -0.711. The Hall–Kier alpha value is -0.870. The Bertz CT molecular complexity index is 373. The summed E-state index contributed by atoms with van der Waals surface area (Å²) in [4.78, 5) is 14.5. The number of nitrogens with zero attached hydrogens (tertiary/aromatic N) is 1. The summed E-state index contributed by atoms with van der Waals surface area (Å²) in [6, 6.07) is 4.65. The number of carbonyl (C=O) groups is 1. The van der Waals surface area contributed by atoms with Crippen molar-refractivity contribution in [2.75, 3.05) is 13.6 Å². The van der Waals surface area contributed by atoms with Gasteiger partial charge >= 0.3 is 5.97 Å². The van der Waals surface area contributed by atoms with E-state index in [0.717, 1.165) is 5.92 Å². The average Bonchev–Trinajstić information content (AvgIpc) is 2.93. The molecule has 0 bridgehead atoms. The molecular weight excluding hydrogens is 234 g/mol. The molecule has 0 amide bonds. The first kappa shape index (κ1) is 12.6. The topological polar surface area (TPSA) is 40.5 Å². The van der Waals surface area contributed by atoms with E-state index >= 15 is 0 Å². The first-order valence-electron chi connectivity index (χ1n) is 6.06. The SMILES string of the molecule is CC(CN(C)C(c1cccs1)C1CC1)C(=O)O. The summed E-state index contributed by atoms with van der Waals surface area (Å²) in [6.07, 6.45) is 2.54. The van der Waals surface area contributed by atoms with Crippen LogP contribution in [0.5, 0.6) is 0 Å². The van der Waals surface area contributed by atoms with Crippen molar-refractivity contribution >= 4 is 17.3 Å². The van der Waals surface area contributed by atoms with E-state index in [-0.39, 0.29) is 5.92 Å². The standard InChI is InChI=1S/C13H19NO2S/c1-9(13(15)16)8-14(2)12(10-5-6-10)11-4-3-7-17-11/h3-4,7,9-10,12H,5-6,8H2,1-2H3,(H,15,16). The molecular formula is C13H19NO2S. The van der Waals surface area contributed by atoms with Gasteiger partial charge in [-0.1, -0.05) is 13.0 Å². The minimum Gasteiger partial charge on any atom is -0.481 e. The van der Waals surface area contributed by atoms with Gasteiger partial charge in [0.05, 0.1) is 5.92 Å². The molecule has 2 atom stereocenters. The largest absolute Gasteiger partial charge is 0.481 e. The Kier molecular flexibility index (Phi) is 3.84. The normalized spacial score (nSPS) is 19.2. The molecule has 1 fully saturated rings. The lowest BCUT2D eigenvalue weighted by Crippen LogP contribution is -2.32. The highest BCUT2D eigenvalue weighted by molar-refractivity contribution is 7.10. The quantitative estimate of drug-likeness (QED) is 0.847. The molecule has 4 heteroatoms. The summed E-state index contributed by atoms with van der Waals surface area (Å²) in [5.74, 6) is -0.293. The van der Waals surface area contributed by atoms with Crippen molar-refractivity contribution < 1.29 is 9.90 Å². The summed E-state index contributed by atoms with van der Waals surface area (Å²) >= 11 is 1.77. The molecule has 0 radical (unpaired) electrons. The second-order valence-electron chi connectivity index (χ2n) is 4.98. The zero-order valence-electron chi connectivity index (χ0n) is 10.3. The van der Waals surface area contributed by atoms with Crippen molar-refractivity contribution in [3.8, 4) is 0 Å². The van der Waals surface area contributed by atoms with E-state index in [1.807, 2.05) is 7.05 Å². The van der Waals surface area contributed by atoms with Crippen LogP contribution in [0.15, 0.2) is 17.5 Å². The molecule has 1 heterocycles. The van der Waals surface area contributed by atoms with Crippen molar-refractivity contribution in [2.45, 2.75) is 25.8 Å². The number of carboxylic acids is 1. The third kappa shape index (κ3) is 3.07. The fourth-order valence-corrected chi connectivity index (χ4v) is 3.29. The molecule has 2 unspecified atom stereocenters. The first-order valence-corrected chi connectivity index (χ1v) is 6.94. The second kappa shape index (κ2) is 5.19. The number of thiophene rings is 1. The molecule has 1 aromatic heterocycles. The summed E-state index contributed by atoms with van der Waals surface area (Å²) in [7, 11) is 2.04. The van der Waals surface area contributed by atoms with E-state index in [9.17, 15) is 4.79 Å². The summed E-state index contributed by atoms with van der Waals surface area (Å²) < 4.78 is 0. The molecule has 0 spiro atoms. The van der Waals surface area contributed by atoms with Crippen LogP contribution in [0.25, 0.3) is 0 Å². The summed E-state index contributed by atoms with van der Waals surface area (Å²) in [5.41, 5.74) is 0. The van der Waals surface area contributed by atoms with Crippen LogP contribution >= 0.6 is 11.3 Å². The van der Waals surface area contributed by atoms with Crippen LogP contribution in [0.1, 0.15) is 30.7 Å². The molecule has 17 heavy (non-hydrogen) atoms. The number of aliphatic carboxylic acids is 1. The molecule has 1 aromatic rings. The Morgan fingerprint density at radius 3 is 2.82 bits per heavy atom. The van der Waals surface area contributed by atoms with E-state index in [1.165, 1.54) is 17.7 Å². The Labute approximate surface area is 106 Å². The fourth-order valence-electron chi connectivity index (χ4n) is 2.30. The van der Waals surface area contributed by atoms with Crippen molar-refractivity contribution in [2.24, 2.45) is 11.8 Å². The highest BCUT2D eigenvalue weighted by Crippen LogP contribution is 2.45. The van der Waals surface area contributed by atoms with Crippen LogP contribution in [0.4, 0.5) is 0 Å². The van der Waals surface area contributed by atoms with Crippen molar-refractivity contribution in [3.05, 3.63) is 22.4 Å². The van der Waals surface area contributed by atoms with Crippen molar-refractivity contribution in [3.63, 3.8) is 0 Å². The fraction of sp³-hybridized carbons (Fsp3) is 0.615. The van der Waals surface area contributed by atoms with Crippen LogP contribution in [0.3, 0.4) is 0 Å². The molecule has 0 saturated heterocycles. The van der Waals surface area contributed by atoms with Crippen LogP contribution < -0.4 is 0 Å². The number of rotatable bonds is 6. The second-order valence-corrected chi connectivity index (χ2v) is 5.96. The maximum absolute atomic E-state index is 10.9. The van der Waals surface area contributed by atoms with Gasteiger partial charge in [0.15, 0.2) is 0 Å². The highest BCUT2D eigenvalue weighted by Gasteiger charge is 2.36. The van der Waals surface area contributed by atoms with Crippen LogP contribution in [-0.4, -0.2) is 29.6 Å². The highest BCUT2D eigenvalue weighted by atomic mass is 32.1. The Balaban J connectivity index is 2.04. The third-order valence-corrected chi connectivity index (χ3v) is 4.30. The van der Waals surface area contributed by atoms with Gasteiger partial charge in [-0.15, -0.1) is 11.3 Å². The van der Waals surface area contributed by atoms with Gasteiger partial charge in [-0.2, -0.15) is 0 Å². The van der Waals surface area contributed by atoms with Crippen LogP contribution in [0, 0.1) is 11.8 Å². The van der Waals surface area contributed by atoms with Gasteiger partial charge in [0.2, 0.25) is 0 Å². The van der Waals surface area contributed by atoms with Gasteiger partial charge in [-0.05, 0) is 37.3 Å². The molecule has 0 aromatic carbocycles. The molecule has 94 valence electrons. The zero-order valence-corrected chi connectivity index (χ0v) is 11.1. The number of carboxylic acid groups (broad SMARTS) is 1. The molecule has 0 aliphatic heterocycles. The van der Waals surface area contributed by atoms with Crippen molar-refractivity contribution in [1.82, 2.24) is 4.90 Å². The number of hydrogen-bond acceptors (Lipinski definition) is 3. The van der Waals surface area contributed by atoms with Gasteiger partial charge in [-0.25, -0.2) is 0 Å². The Morgan fingerprint density at radius 1 is 1.65 bits per heavy atom. The first-order chi connectivity index (χ1) is 8.09. The molecule has 1 aliphatic carbocycles. The lowest BCUT2D eigenvalue weighted by molar-refractivity contribution is -0.141. The predicted octanol–water partition coefficient (Wildman–Crippen LogP) is 2.85. The maximum Gasteiger partial charge on any atom is 0.307 e. The maximum atomic E-state index is 10.9. The van der Waals surface area contributed by atoms with E-state index < -0.39 is 5.97 Å². The molecule has 1 saturated carbocycles. The van der Waals surface area contributed by atoms with Gasteiger partial charge < -0.3 is 5.11 Å². The van der Waals surface area contributed by atoms with E-state index in [4.69, 9.17) is 5.11 Å². The van der Waals surface area contributed by atoms with Gasteiger partial charge in [0, 0.05) is 17.5 Å². The van der Waals surface area contributed by atoms with E-state index in [2.05, 4.69) is 22.4 Å². The minimum absolute atomic E-state index is 0.304. The lowest BCUT2D eigenvalue weighted by Gasteiger charge is -2.28. The predicted molar refractivity (Wildman–Crippen MR) is 69.2 cm³/mol. The molecule has 2 rings (SSSR count). The van der Waals surface area contributed by atoms with Gasteiger partial charge in [0.1, 0.15) is 0 Å². The third-order valence-electron chi connectivity index (χ3n) is 3.36. The van der Waals surface area contributed by atoms with Crippen molar-refractivity contribution in [1.29, 1.82) is 0 Å². The van der Waals surface area contributed by atoms with Gasteiger partial charge in [-0.3, -0.25) is 9.69 Å². The molecule has 3 nitrogen and oxygen atoms in total. The van der Waals surface area contributed by atoms with E-state index in [0.29, 0.717) is 12.6 Å². The molecule has 1 aliphatic rings. The smallest absolute Gasteiger partial charge is 0.307 e. The van der Waals surface area contributed by atoms with Gasteiger partial charge in [0.25, 0.3) is 0 Å². The number of hydrogen-bond donors (Lipinski definition) is 1. The summed E-state index contributed by atoms with van der Waals surface area (Å²) in [6.45, 7) is 2.39. The molecule has 1 N–H and O–H groups in total. The monoisotopic (exact) mass is 253 g/mol. The van der Waals surface area contributed by atoms with Crippen LogP contribution in [0.2, 0.25) is 0 Å². The Morgan fingerprint density at radius 2 is 2.35 bits per heavy atom. The zero-order chi connectivity index (χ0) is 12.4. The van der Waals surface area contributed by atoms with E-state index in [1.54, 1.807) is 18.3 Å². The average molecular weight is 253 g/mol.